The number of imidazole rings is 1. The first-order valence-electron chi connectivity index (χ1n) is 16.7. The van der Waals surface area contributed by atoms with Crippen LogP contribution in [0.25, 0.3) is 5.52 Å². The van der Waals surface area contributed by atoms with Gasteiger partial charge in [-0.1, -0.05) is 102 Å². The third kappa shape index (κ3) is 10.1. The fourth-order valence-electron chi connectivity index (χ4n) is 5.79. The van der Waals surface area contributed by atoms with Gasteiger partial charge < -0.3 is 14.4 Å². The number of aromatic amines is 1. The third-order valence-corrected chi connectivity index (χ3v) is 8.39. The van der Waals surface area contributed by atoms with Crippen LogP contribution in [0.2, 0.25) is 0 Å². The zero-order valence-corrected chi connectivity index (χ0v) is 27.2. The summed E-state index contributed by atoms with van der Waals surface area (Å²) in [4.78, 5) is 17.8. The highest BCUT2D eigenvalue weighted by Gasteiger charge is 2.16. The quantitative estimate of drug-likeness (QED) is 0.0816. The molecule has 1 N–H and O–H groups in total. The zero-order valence-electron chi connectivity index (χ0n) is 27.2. The molecule has 4 rings (SSSR count). The van der Waals surface area contributed by atoms with Crippen molar-refractivity contribution in [3.8, 4) is 11.5 Å². The van der Waals surface area contributed by atoms with Gasteiger partial charge in [0, 0.05) is 12.6 Å². The van der Waals surface area contributed by atoms with Crippen molar-refractivity contribution in [1.29, 1.82) is 0 Å². The number of aromatic nitrogens is 2. The van der Waals surface area contributed by atoms with Gasteiger partial charge in [-0.2, -0.15) is 4.40 Å². The Hall–Kier alpha value is -3.80. The molecule has 4 aromatic rings. The number of unbranched alkanes of at least 4 members (excludes halogenated alkanes) is 11. The molecule has 0 fully saturated rings. The summed E-state index contributed by atoms with van der Waals surface area (Å²) in [7, 11) is 1.67. The molecule has 1 amide bonds. The number of benzene rings is 2. The van der Waals surface area contributed by atoms with Crippen LogP contribution < -0.4 is 18.8 Å². The topological polar surface area (TPSA) is 58.7 Å². The Morgan fingerprint density at radius 3 is 2.11 bits per heavy atom. The lowest BCUT2D eigenvalue weighted by atomic mass is 10.1. The lowest BCUT2D eigenvalue weighted by Crippen LogP contribution is -2.27. The predicted molar refractivity (Wildman–Crippen MR) is 180 cm³/mol. The lowest BCUT2D eigenvalue weighted by molar-refractivity contribution is -0.520. The Morgan fingerprint density at radius 1 is 0.795 bits per heavy atom. The maximum atomic E-state index is 12.7. The highest BCUT2D eigenvalue weighted by atomic mass is 16.5. The molecule has 0 radical (unpaired) electrons. The van der Waals surface area contributed by atoms with Crippen LogP contribution in [0.1, 0.15) is 108 Å². The average Bonchev–Trinajstić information content (AvgIpc) is 3.45. The molecule has 6 nitrogen and oxygen atoms in total. The van der Waals surface area contributed by atoms with Crippen molar-refractivity contribution >= 4 is 17.1 Å². The fraction of sp³-hybridized carbons (Fsp3) is 0.474. The molecule has 6 heteroatoms. The summed E-state index contributed by atoms with van der Waals surface area (Å²) >= 11 is 0. The Balaban J connectivity index is 1.22. The van der Waals surface area contributed by atoms with Gasteiger partial charge in [0.15, 0.2) is 17.0 Å². The number of H-pyrrole nitrogens is 1. The number of rotatable bonds is 20. The molecular weight excluding hydrogens is 546 g/mol. The fourth-order valence-corrected chi connectivity index (χ4v) is 5.79. The summed E-state index contributed by atoms with van der Waals surface area (Å²) in [5, 5.41) is 0. The maximum Gasteiger partial charge on any atom is 0.263 e. The van der Waals surface area contributed by atoms with Crippen LogP contribution in [0.5, 0.6) is 11.5 Å². The van der Waals surface area contributed by atoms with Crippen molar-refractivity contribution in [1.82, 2.24) is 4.98 Å². The molecule has 0 atom stereocenters. The van der Waals surface area contributed by atoms with E-state index >= 15 is 0 Å². The number of hydrogen-bond acceptors (Lipinski definition) is 3. The van der Waals surface area contributed by atoms with Crippen molar-refractivity contribution in [2.45, 2.75) is 104 Å². The van der Waals surface area contributed by atoms with E-state index in [2.05, 4.69) is 40.7 Å². The first-order valence-corrected chi connectivity index (χ1v) is 16.7. The largest absolute Gasteiger partial charge is 0.493 e. The molecule has 0 saturated heterocycles. The van der Waals surface area contributed by atoms with Crippen molar-refractivity contribution < 1.29 is 18.7 Å². The number of pyridine rings is 1. The summed E-state index contributed by atoms with van der Waals surface area (Å²) in [6.07, 6.45) is 20.8. The summed E-state index contributed by atoms with van der Waals surface area (Å²) in [6.45, 7) is 5.03. The van der Waals surface area contributed by atoms with Crippen LogP contribution in [-0.4, -0.2) is 24.6 Å². The van der Waals surface area contributed by atoms with Crippen LogP contribution >= 0.6 is 0 Å². The molecule has 0 aliphatic carbocycles. The predicted octanol–water partition coefficient (Wildman–Crippen LogP) is 8.99. The van der Waals surface area contributed by atoms with Crippen LogP contribution in [0.3, 0.4) is 0 Å². The van der Waals surface area contributed by atoms with Gasteiger partial charge in [-0.25, -0.2) is 4.98 Å². The van der Waals surface area contributed by atoms with Crippen LogP contribution in [0, 0.1) is 0 Å². The highest BCUT2D eigenvalue weighted by Crippen LogP contribution is 2.30. The monoisotopic (exact) mass is 598 g/mol. The number of ether oxygens (including phenoxy) is 2. The average molecular weight is 599 g/mol. The Morgan fingerprint density at radius 2 is 1.45 bits per heavy atom. The number of fused-ring (bicyclic) bond motifs is 1. The summed E-state index contributed by atoms with van der Waals surface area (Å²) in [6, 6.07) is 20.4. The van der Waals surface area contributed by atoms with Crippen LogP contribution in [-0.2, 0) is 17.8 Å². The summed E-state index contributed by atoms with van der Waals surface area (Å²) < 4.78 is 13.9. The van der Waals surface area contributed by atoms with E-state index in [1.807, 2.05) is 48.7 Å². The minimum atomic E-state index is -0.00469. The van der Waals surface area contributed by atoms with E-state index in [4.69, 9.17) is 9.47 Å². The van der Waals surface area contributed by atoms with E-state index in [1.165, 1.54) is 76.2 Å². The van der Waals surface area contributed by atoms with Gasteiger partial charge in [0.1, 0.15) is 6.20 Å². The Labute approximate surface area is 264 Å². The zero-order chi connectivity index (χ0) is 31.0. The number of carbonyl (C=O) groups excluding carboxylic acids is 1. The lowest BCUT2D eigenvalue weighted by Gasteiger charge is -2.22. The van der Waals surface area contributed by atoms with Crippen molar-refractivity contribution in [3.63, 3.8) is 0 Å². The van der Waals surface area contributed by atoms with E-state index in [0.717, 1.165) is 41.2 Å². The van der Waals surface area contributed by atoms with E-state index in [0.29, 0.717) is 18.9 Å². The second-order valence-electron chi connectivity index (χ2n) is 11.9. The minimum absolute atomic E-state index is 0.00469. The van der Waals surface area contributed by atoms with Gasteiger partial charge in [0.2, 0.25) is 5.91 Å². The first-order chi connectivity index (χ1) is 21.6. The van der Waals surface area contributed by atoms with E-state index in [-0.39, 0.29) is 5.91 Å². The first kappa shape index (κ1) is 33.1. The maximum absolute atomic E-state index is 12.7. The van der Waals surface area contributed by atoms with Crippen molar-refractivity contribution in [2.75, 3.05) is 18.6 Å². The minimum Gasteiger partial charge on any atom is -0.493 e. The molecule has 0 aliphatic heterocycles. The molecule has 0 spiro atoms. The number of amides is 1. The molecule has 2 aromatic heterocycles. The van der Waals surface area contributed by atoms with Gasteiger partial charge in [0.05, 0.1) is 32.9 Å². The Kier molecular flexibility index (Phi) is 13.6. The number of carbonyl (C=O) groups is 1. The standard InChI is InChI=1S/C38H51N3O3/c1-4-5-6-7-8-9-10-11-12-13-14-17-26-44-36-24-21-33(27-37(36)43-3)30-41(31(2)42)34-22-19-32(20-23-34)28-38-39-29-35-18-15-16-25-40(35)38/h15-16,18-25,27,29H,4-14,17,26,28,30H2,1-3H3/p+1. The summed E-state index contributed by atoms with van der Waals surface area (Å²) in [5.41, 5.74) is 4.18. The number of nitrogens with one attached hydrogen (secondary N) is 1. The van der Waals surface area contributed by atoms with Gasteiger partial charge >= 0.3 is 0 Å². The van der Waals surface area contributed by atoms with Crippen molar-refractivity contribution in [2.24, 2.45) is 0 Å². The molecule has 0 unspecified atom stereocenters. The smallest absolute Gasteiger partial charge is 0.263 e. The third-order valence-electron chi connectivity index (χ3n) is 8.39. The molecule has 0 saturated carbocycles. The van der Waals surface area contributed by atoms with Gasteiger partial charge in [-0.3, -0.25) is 4.79 Å². The van der Waals surface area contributed by atoms with Crippen LogP contribution in [0.4, 0.5) is 5.69 Å². The van der Waals surface area contributed by atoms with Gasteiger partial charge in [0.25, 0.3) is 5.82 Å². The molecule has 236 valence electrons. The molecule has 2 aromatic carbocycles. The molecule has 2 heterocycles. The number of nitrogens with zero attached hydrogens (tertiary/aromatic N) is 2. The molecule has 44 heavy (non-hydrogen) atoms. The molecule has 0 aliphatic rings. The number of methoxy groups -OCH3 is 1. The second-order valence-corrected chi connectivity index (χ2v) is 11.9. The molecule has 0 bridgehead atoms. The van der Waals surface area contributed by atoms with Crippen LogP contribution in [0.15, 0.2) is 73.1 Å². The molecular formula is C38H52N3O3+. The van der Waals surface area contributed by atoms with Gasteiger partial charge in [-0.05, 0) is 53.9 Å². The van der Waals surface area contributed by atoms with Crippen molar-refractivity contribution in [3.05, 3.63) is 90.0 Å². The van der Waals surface area contributed by atoms with E-state index in [1.54, 1.807) is 18.9 Å². The SMILES string of the molecule is CCCCCCCCCCCCCCOc1ccc(CN(C(C)=O)c2ccc(Cc3[nH]cc4cccc[n+]34)cc2)cc1OC. The van der Waals surface area contributed by atoms with E-state index in [9.17, 15) is 4.79 Å². The van der Waals surface area contributed by atoms with E-state index < -0.39 is 0 Å². The number of anilines is 1. The highest BCUT2D eigenvalue weighted by molar-refractivity contribution is 5.91. The Bertz CT molecular complexity index is 1410. The normalized spacial score (nSPS) is 11.2. The summed E-state index contributed by atoms with van der Waals surface area (Å²) in [5.74, 6) is 2.57. The second kappa shape index (κ2) is 18.1. The number of hydrogen-bond donors (Lipinski definition) is 1. The van der Waals surface area contributed by atoms with Gasteiger partial charge in [-0.15, -0.1) is 0 Å².